The van der Waals surface area contributed by atoms with Crippen LogP contribution in [0.4, 0.5) is 0 Å². The van der Waals surface area contributed by atoms with Crippen LogP contribution in [0.2, 0.25) is 0 Å². The van der Waals surface area contributed by atoms with Crippen molar-refractivity contribution in [3.05, 3.63) is 35.9 Å². The molecule has 0 fully saturated rings. The molecule has 1 aromatic carbocycles. The summed E-state index contributed by atoms with van der Waals surface area (Å²) in [5.74, 6) is 5.40. The molecule has 1 rings (SSSR count). The molecule has 0 saturated heterocycles. The molecule has 1 aromatic rings. The van der Waals surface area contributed by atoms with Crippen LogP contribution in [0.1, 0.15) is 19.4 Å². The summed E-state index contributed by atoms with van der Waals surface area (Å²) in [6, 6.07) is 10.2. The molecule has 0 saturated carbocycles. The van der Waals surface area contributed by atoms with Crippen LogP contribution in [0.25, 0.3) is 0 Å². The van der Waals surface area contributed by atoms with Crippen LogP contribution in [0.5, 0.6) is 0 Å². The van der Waals surface area contributed by atoms with E-state index < -0.39 is 5.60 Å². The fourth-order valence-electron chi connectivity index (χ4n) is 0.694. The SMILES string of the molecule is CC(C)([O-])C#Cc1c[c-]ccc1.[K+].[K+]. The summed E-state index contributed by atoms with van der Waals surface area (Å²) in [7, 11) is 0. The molecule has 0 atom stereocenters. The summed E-state index contributed by atoms with van der Waals surface area (Å²) in [6.45, 7) is 3.10. The van der Waals surface area contributed by atoms with E-state index in [0.29, 0.717) is 0 Å². The van der Waals surface area contributed by atoms with Gasteiger partial charge in [-0.2, -0.15) is 30.3 Å². The van der Waals surface area contributed by atoms with Gasteiger partial charge in [0, 0.05) is 0 Å². The molecule has 0 heterocycles. The topological polar surface area (TPSA) is 23.1 Å². The van der Waals surface area contributed by atoms with Gasteiger partial charge in [0.2, 0.25) is 0 Å². The number of hydrogen-bond acceptors (Lipinski definition) is 1. The molecule has 0 aliphatic heterocycles. The van der Waals surface area contributed by atoms with E-state index >= 15 is 0 Å². The molecule has 0 unspecified atom stereocenters. The van der Waals surface area contributed by atoms with Crippen molar-refractivity contribution in [2.24, 2.45) is 0 Å². The first kappa shape index (κ1) is 18.4. The minimum Gasteiger partial charge on any atom is -0.840 e. The zero-order chi connectivity index (χ0) is 9.03. The predicted molar refractivity (Wildman–Crippen MR) is 46.2 cm³/mol. The molecule has 0 aliphatic rings. The van der Waals surface area contributed by atoms with Crippen LogP contribution in [0.15, 0.2) is 24.3 Å². The Kier molecular flexibility index (Phi) is 11.9. The molecule has 62 valence electrons. The van der Waals surface area contributed by atoms with E-state index in [4.69, 9.17) is 0 Å². The van der Waals surface area contributed by atoms with Crippen molar-refractivity contribution in [2.75, 3.05) is 0 Å². The first-order valence-electron chi connectivity index (χ1n) is 3.78. The summed E-state index contributed by atoms with van der Waals surface area (Å²) in [5, 5.41) is 11.1. The van der Waals surface area contributed by atoms with Crippen molar-refractivity contribution < 1.29 is 108 Å². The number of rotatable bonds is 0. The molecule has 0 N–H and O–H groups in total. The average molecular weight is 236 g/mol. The predicted octanol–water partition coefficient (Wildman–Crippen LogP) is -5.01. The zero-order valence-corrected chi connectivity index (χ0v) is 15.5. The van der Waals surface area contributed by atoms with Crippen LogP contribution < -0.4 is 108 Å². The van der Waals surface area contributed by atoms with E-state index in [2.05, 4.69) is 17.9 Å². The summed E-state index contributed by atoms with van der Waals surface area (Å²) in [6.07, 6.45) is 0. The third-order valence-electron chi connectivity index (χ3n) is 1.21. The molecule has 0 spiro atoms. The normalized spacial score (nSPS) is 8.79. The zero-order valence-electron chi connectivity index (χ0n) is 9.22. The minimum absolute atomic E-state index is 0. The van der Waals surface area contributed by atoms with Crippen molar-refractivity contribution in [3.8, 4) is 11.8 Å². The average Bonchev–Trinajstić information content (AvgIpc) is 2.02. The molecule has 14 heavy (non-hydrogen) atoms. The van der Waals surface area contributed by atoms with Crippen LogP contribution in [-0.4, -0.2) is 5.60 Å². The van der Waals surface area contributed by atoms with Crippen molar-refractivity contribution in [3.63, 3.8) is 0 Å². The van der Waals surface area contributed by atoms with Crippen molar-refractivity contribution in [1.29, 1.82) is 0 Å². The fraction of sp³-hybridized carbons (Fsp3) is 0.273. The van der Waals surface area contributed by atoms with Crippen LogP contribution >= 0.6 is 0 Å². The Bertz CT molecular complexity index is 304. The minimum atomic E-state index is -1.17. The Labute approximate surface area is 171 Å². The van der Waals surface area contributed by atoms with Gasteiger partial charge >= 0.3 is 103 Å². The molecule has 0 aliphatic carbocycles. The van der Waals surface area contributed by atoms with E-state index in [9.17, 15) is 5.11 Å². The van der Waals surface area contributed by atoms with Gasteiger partial charge in [0.25, 0.3) is 0 Å². The smallest absolute Gasteiger partial charge is 0.840 e. The van der Waals surface area contributed by atoms with Crippen molar-refractivity contribution >= 4 is 0 Å². The van der Waals surface area contributed by atoms with Crippen LogP contribution in [0, 0.1) is 17.9 Å². The second-order valence-electron chi connectivity index (χ2n) is 3.05. The van der Waals surface area contributed by atoms with Crippen molar-refractivity contribution in [1.82, 2.24) is 0 Å². The summed E-state index contributed by atoms with van der Waals surface area (Å²) < 4.78 is 0. The molecule has 0 amide bonds. The van der Waals surface area contributed by atoms with Gasteiger partial charge in [0.15, 0.2) is 0 Å². The molecule has 0 bridgehead atoms. The number of benzene rings is 1. The van der Waals surface area contributed by atoms with Crippen LogP contribution in [-0.2, 0) is 0 Å². The molecule has 0 radical (unpaired) electrons. The van der Waals surface area contributed by atoms with Gasteiger partial charge in [-0.3, -0.25) is 0 Å². The summed E-state index contributed by atoms with van der Waals surface area (Å²) >= 11 is 0. The maximum atomic E-state index is 11.1. The van der Waals surface area contributed by atoms with E-state index in [1.165, 1.54) is 0 Å². The van der Waals surface area contributed by atoms with E-state index in [-0.39, 0.29) is 103 Å². The molecule has 3 heteroatoms. The standard InChI is InChI=1S/C11H10O.2K/c1-11(2,12)9-8-10-6-4-3-5-7-10;;/h3-4,6-7H,1-2H3;;/q-2;2*+1. The Hall–Kier alpha value is 2.01. The monoisotopic (exact) mass is 236 g/mol. The fourth-order valence-corrected chi connectivity index (χ4v) is 0.694. The van der Waals surface area contributed by atoms with E-state index in [1.54, 1.807) is 26.0 Å². The third kappa shape index (κ3) is 9.25. The largest absolute Gasteiger partial charge is 1.00 e. The third-order valence-corrected chi connectivity index (χ3v) is 1.21. The maximum Gasteiger partial charge on any atom is 1.00 e. The Morgan fingerprint density at radius 2 is 2.00 bits per heavy atom. The van der Waals surface area contributed by atoms with Crippen molar-refractivity contribution in [2.45, 2.75) is 19.4 Å². The van der Waals surface area contributed by atoms with Crippen LogP contribution in [0.3, 0.4) is 0 Å². The van der Waals surface area contributed by atoms with Gasteiger partial charge in [0.05, 0.1) is 0 Å². The molecule has 0 aromatic heterocycles. The molecule has 1 nitrogen and oxygen atoms in total. The maximum absolute atomic E-state index is 11.1. The summed E-state index contributed by atoms with van der Waals surface area (Å²) in [4.78, 5) is 0. The van der Waals surface area contributed by atoms with Gasteiger partial charge in [-0.15, -0.1) is 11.8 Å². The van der Waals surface area contributed by atoms with Gasteiger partial charge < -0.3 is 5.11 Å². The van der Waals surface area contributed by atoms with Gasteiger partial charge in [-0.05, 0) is 0 Å². The Morgan fingerprint density at radius 1 is 1.36 bits per heavy atom. The number of hydrogen-bond donors (Lipinski definition) is 0. The second kappa shape index (κ2) is 9.09. The summed E-state index contributed by atoms with van der Waals surface area (Å²) in [5.41, 5.74) is -0.336. The van der Waals surface area contributed by atoms with Gasteiger partial charge in [-0.25, -0.2) is 0 Å². The second-order valence-corrected chi connectivity index (χ2v) is 3.05. The van der Waals surface area contributed by atoms with E-state index in [1.807, 2.05) is 12.1 Å². The van der Waals surface area contributed by atoms with Gasteiger partial charge in [-0.1, -0.05) is 25.0 Å². The Morgan fingerprint density at radius 3 is 2.43 bits per heavy atom. The first-order valence-corrected chi connectivity index (χ1v) is 3.78. The van der Waals surface area contributed by atoms with Gasteiger partial charge in [0.1, 0.15) is 0 Å². The Balaban J connectivity index is 0. The van der Waals surface area contributed by atoms with E-state index in [0.717, 1.165) is 5.56 Å². The molecular formula is C11H10K2O. The molecular weight excluding hydrogens is 226 g/mol. The quantitative estimate of drug-likeness (QED) is 0.251. The first-order chi connectivity index (χ1) is 5.58.